The number of rotatable bonds is 5. The Balaban J connectivity index is 2.18. The average molecular weight is 294 g/mol. The van der Waals surface area contributed by atoms with Crippen LogP contribution in [-0.4, -0.2) is 33.1 Å². The molecular weight excluding hydrogens is 276 g/mol. The van der Waals surface area contributed by atoms with Crippen LogP contribution in [0.2, 0.25) is 0 Å². The second-order valence-corrected chi connectivity index (χ2v) is 5.60. The Morgan fingerprint density at radius 2 is 2.10 bits per heavy atom. The van der Waals surface area contributed by atoms with Crippen molar-refractivity contribution >= 4 is 23.2 Å². The number of thiazole rings is 1. The van der Waals surface area contributed by atoms with Crippen LogP contribution in [-0.2, 0) is 6.54 Å². The molecule has 7 nitrogen and oxygen atoms in total. The summed E-state index contributed by atoms with van der Waals surface area (Å²) in [5.74, 6) is 0.638. The molecular formula is C12H18N6OS. The largest absolute Gasteiger partial charge is 0.461 e. The van der Waals surface area contributed by atoms with Gasteiger partial charge < -0.3 is 15.4 Å². The Hall–Kier alpha value is -1.96. The van der Waals surface area contributed by atoms with Crippen LogP contribution in [0.25, 0.3) is 0 Å². The van der Waals surface area contributed by atoms with Crippen LogP contribution in [0.3, 0.4) is 0 Å². The molecule has 0 atom stereocenters. The van der Waals surface area contributed by atoms with Crippen molar-refractivity contribution in [2.75, 3.05) is 17.7 Å². The fourth-order valence-electron chi connectivity index (χ4n) is 1.56. The normalized spacial score (nSPS) is 10.8. The number of nitrogens with two attached hydrogens (primary N) is 1. The lowest BCUT2D eigenvalue weighted by Gasteiger charge is -2.17. The lowest BCUT2D eigenvalue weighted by atomic mass is 10.4. The monoisotopic (exact) mass is 294 g/mol. The van der Waals surface area contributed by atoms with E-state index in [-0.39, 0.29) is 18.1 Å². The standard InChI is InChI=1S/C12H18N6OS/c1-7(2)19-12-16-10(13)15-11(17-12)18(4)5-9-8(3)14-6-20-9/h6-7H,5H2,1-4H3,(H2,13,15,16,17). The van der Waals surface area contributed by atoms with Gasteiger partial charge in [0.2, 0.25) is 11.9 Å². The summed E-state index contributed by atoms with van der Waals surface area (Å²) < 4.78 is 5.47. The minimum Gasteiger partial charge on any atom is -0.461 e. The Kier molecular flexibility index (Phi) is 4.33. The molecule has 0 aliphatic rings. The summed E-state index contributed by atoms with van der Waals surface area (Å²) >= 11 is 1.61. The molecule has 2 N–H and O–H groups in total. The van der Waals surface area contributed by atoms with Crippen molar-refractivity contribution in [2.24, 2.45) is 0 Å². The second kappa shape index (κ2) is 6.00. The summed E-state index contributed by atoms with van der Waals surface area (Å²) in [5.41, 5.74) is 8.54. The third kappa shape index (κ3) is 3.53. The van der Waals surface area contributed by atoms with Crippen molar-refractivity contribution in [2.45, 2.75) is 33.4 Å². The number of nitrogen functional groups attached to an aromatic ring is 1. The molecule has 0 amide bonds. The maximum atomic E-state index is 5.70. The van der Waals surface area contributed by atoms with E-state index >= 15 is 0 Å². The average Bonchev–Trinajstić information content (AvgIpc) is 2.73. The number of hydrogen-bond donors (Lipinski definition) is 1. The van der Waals surface area contributed by atoms with Gasteiger partial charge in [-0.1, -0.05) is 0 Å². The molecule has 0 aliphatic heterocycles. The van der Waals surface area contributed by atoms with E-state index in [1.165, 1.54) is 0 Å². The van der Waals surface area contributed by atoms with Crippen molar-refractivity contribution in [3.05, 3.63) is 16.1 Å². The van der Waals surface area contributed by atoms with Gasteiger partial charge in [-0.25, -0.2) is 4.98 Å². The van der Waals surface area contributed by atoms with E-state index in [1.54, 1.807) is 11.3 Å². The molecule has 20 heavy (non-hydrogen) atoms. The van der Waals surface area contributed by atoms with E-state index in [2.05, 4.69) is 19.9 Å². The smallest absolute Gasteiger partial charge is 0.323 e. The maximum absolute atomic E-state index is 5.70. The molecule has 0 aliphatic carbocycles. The number of aryl methyl sites for hydroxylation is 1. The van der Waals surface area contributed by atoms with Gasteiger partial charge in [0.25, 0.3) is 0 Å². The summed E-state index contributed by atoms with van der Waals surface area (Å²) in [7, 11) is 1.90. The molecule has 0 spiro atoms. The number of aromatic nitrogens is 4. The van der Waals surface area contributed by atoms with Gasteiger partial charge in [0.15, 0.2) is 0 Å². The SMILES string of the molecule is Cc1ncsc1CN(C)c1nc(N)nc(OC(C)C)n1. The molecule has 2 heterocycles. The molecule has 108 valence electrons. The predicted octanol–water partition coefficient (Wildman–Crippen LogP) is 1.64. The zero-order valence-corrected chi connectivity index (χ0v) is 12.8. The first-order valence-electron chi connectivity index (χ1n) is 6.24. The van der Waals surface area contributed by atoms with Crippen LogP contribution in [0.5, 0.6) is 6.01 Å². The van der Waals surface area contributed by atoms with Gasteiger partial charge in [0.1, 0.15) is 0 Å². The molecule has 0 fully saturated rings. The van der Waals surface area contributed by atoms with Crippen LogP contribution in [0.1, 0.15) is 24.4 Å². The third-order valence-electron chi connectivity index (χ3n) is 2.53. The fraction of sp³-hybridized carbons (Fsp3) is 0.500. The highest BCUT2D eigenvalue weighted by Crippen LogP contribution is 2.19. The molecule has 8 heteroatoms. The van der Waals surface area contributed by atoms with E-state index in [4.69, 9.17) is 10.5 Å². The molecule has 0 unspecified atom stereocenters. The Labute approximate surface area is 121 Å². The minimum atomic E-state index is -0.0151. The van der Waals surface area contributed by atoms with Crippen LogP contribution in [0, 0.1) is 6.92 Å². The number of ether oxygens (including phenoxy) is 1. The predicted molar refractivity (Wildman–Crippen MR) is 79.0 cm³/mol. The highest BCUT2D eigenvalue weighted by atomic mass is 32.1. The van der Waals surface area contributed by atoms with Crippen molar-refractivity contribution in [3.63, 3.8) is 0 Å². The molecule has 2 aromatic heterocycles. The second-order valence-electron chi connectivity index (χ2n) is 4.66. The molecule has 0 aromatic carbocycles. The maximum Gasteiger partial charge on any atom is 0.323 e. The quantitative estimate of drug-likeness (QED) is 0.896. The Morgan fingerprint density at radius 1 is 1.35 bits per heavy atom. The number of anilines is 2. The zero-order valence-electron chi connectivity index (χ0n) is 12.0. The van der Waals surface area contributed by atoms with E-state index in [0.29, 0.717) is 12.5 Å². The van der Waals surface area contributed by atoms with Gasteiger partial charge in [-0.05, 0) is 20.8 Å². The van der Waals surface area contributed by atoms with Crippen molar-refractivity contribution in [1.82, 2.24) is 19.9 Å². The summed E-state index contributed by atoms with van der Waals surface area (Å²) in [6.07, 6.45) is -0.0151. The lowest BCUT2D eigenvalue weighted by Crippen LogP contribution is -2.21. The molecule has 0 bridgehead atoms. The highest BCUT2D eigenvalue weighted by molar-refractivity contribution is 7.09. The van der Waals surface area contributed by atoms with Gasteiger partial charge in [0.05, 0.1) is 23.9 Å². The highest BCUT2D eigenvalue weighted by Gasteiger charge is 2.13. The topological polar surface area (TPSA) is 90.1 Å². The summed E-state index contributed by atoms with van der Waals surface area (Å²) in [5, 5.41) is 0. The van der Waals surface area contributed by atoms with Gasteiger partial charge >= 0.3 is 6.01 Å². The van der Waals surface area contributed by atoms with Crippen LogP contribution >= 0.6 is 11.3 Å². The summed E-state index contributed by atoms with van der Waals surface area (Å²) in [4.78, 5) is 19.7. The van der Waals surface area contributed by atoms with Gasteiger partial charge in [-0.3, -0.25) is 0 Å². The summed E-state index contributed by atoms with van der Waals surface area (Å²) in [6.45, 7) is 6.46. The molecule has 2 aromatic rings. The Bertz CT molecular complexity index is 585. The van der Waals surface area contributed by atoms with Gasteiger partial charge in [-0.15, -0.1) is 11.3 Å². The third-order valence-corrected chi connectivity index (χ3v) is 3.45. The van der Waals surface area contributed by atoms with Crippen molar-refractivity contribution in [1.29, 1.82) is 0 Å². The van der Waals surface area contributed by atoms with Gasteiger partial charge in [0, 0.05) is 11.9 Å². The molecule has 0 radical (unpaired) electrons. The number of nitrogens with zero attached hydrogens (tertiary/aromatic N) is 5. The number of hydrogen-bond acceptors (Lipinski definition) is 8. The Morgan fingerprint density at radius 3 is 2.70 bits per heavy atom. The van der Waals surface area contributed by atoms with E-state index < -0.39 is 0 Å². The first-order chi connectivity index (χ1) is 9.45. The summed E-state index contributed by atoms with van der Waals surface area (Å²) in [6, 6.07) is 0.246. The lowest BCUT2D eigenvalue weighted by molar-refractivity contribution is 0.222. The first-order valence-corrected chi connectivity index (χ1v) is 7.12. The minimum absolute atomic E-state index is 0.0151. The van der Waals surface area contributed by atoms with Gasteiger partial charge in [-0.2, -0.15) is 15.0 Å². The fourth-order valence-corrected chi connectivity index (χ4v) is 2.39. The van der Waals surface area contributed by atoms with Crippen LogP contribution < -0.4 is 15.4 Å². The van der Waals surface area contributed by atoms with Crippen LogP contribution in [0.15, 0.2) is 5.51 Å². The molecule has 2 rings (SSSR count). The first kappa shape index (κ1) is 14.4. The zero-order chi connectivity index (χ0) is 14.7. The molecule has 0 saturated heterocycles. The van der Waals surface area contributed by atoms with E-state index in [9.17, 15) is 0 Å². The van der Waals surface area contributed by atoms with E-state index in [0.717, 1.165) is 10.6 Å². The molecule has 0 saturated carbocycles. The van der Waals surface area contributed by atoms with Crippen LogP contribution in [0.4, 0.5) is 11.9 Å². The van der Waals surface area contributed by atoms with Crippen molar-refractivity contribution in [3.8, 4) is 6.01 Å². The van der Waals surface area contributed by atoms with Crippen molar-refractivity contribution < 1.29 is 4.74 Å². The van der Waals surface area contributed by atoms with E-state index in [1.807, 2.05) is 38.2 Å².